The third-order valence-corrected chi connectivity index (χ3v) is 5.07. The van der Waals surface area contributed by atoms with Crippen molar-refractivity contribution in [3.8, 4) is 5.75 Å². The van der Waals surface area contributed by atoms with Crippen molar-refractivity contribution < 1.29 is 9.53 Å². The van der Waals surface area contributed by atoms with Crippen molar-refractivity contribution in [2.45, 2.75) is 39.1 Å². The highest BCUT2D eigenvalue weighted by Gasteiger charge is 2.14. The topological polar surface area (TPSA) is 69.0 Å². The third-order valence-electron chi connectivity index (χ3n) is 4.10. The fraction of sp³-hybridized carbons (Fsp3) is 0.286. The van der Waals surface area contributed by atoms with E-state index in [1.807, 2.05) is 73.9 Å². The highest BCUT2D eigenvalue weighted by Crippen LogP contribution is 2.20. The number of nitrogens with one attached hydrogen (secondary N) is 1. The number of carbonyl (C=O) groups excluding carboxylic acids is 1. The molecular weight excluding hydrogens is 372 g/mol. The van der Waals surface area contributed by atoms with Gasteiger partial charge in [-0.3, -0.25) is 4.79 Å². The number of nitrogens with zero attached hydrogens (tertiary/aromatic N) is 3. The second kappa shape index (κ2) is 9.41. The first-order valence-electron chi connectivity index (χ1n) is 9.16. The van der Waals surface area contributed by atoms with E-state index in [0.717, 1.165) is 28.4 Å². The lowest BCUT2D eigenvalue weighted by Crippen LogP contribution is -2.15. The molecule has 146 valence electrons. The third kappa shape index (κ3) is 5.36. The highest BCUT2D eigenvalue weighted by molar-refractivity contribution is 7.99. The first-order chi connectivity index (χ1) is 13.5. The summed E-state index contributed by atoms with van der Waals surface area (Å²) in [7, 11) is 0. The molecule has 0 saturated heterocycles. The van der Waals surface area contributed by atoms with Crippen LogP contribution in [0.25, 0.3) is 0 Å². The zero-order valence-corrected chi connectivity index (χ0v) is 17.1. The molecule has 0 aliphatic heterocycles. The van der Waals surface area contributed by atoms with E-state index in [1.54, 1.807) is 0 Å². The van der Waals surface area contributed by atoms with Crippen molar-refractivity contribution in [1.29, 1.82) is 0 Å². The first kappa shape index (κ1) is 19.9. The molecule has 3 aromatic rings. The van der Waals surface area contributed by atoms with Crippen LogP contribution >= 0.6 is 11.8 Å². The Balaban J connectivity index is 1.57. The van der Waals surface area contributed by atoms with Gasteiger partial charge in [-0.1, -0.05) is 36.0 Å². The van der Waals surface area contributed by atoms with Crippen molar-refractivity contribution >= 4 is 23.4 Å². The van der Waals surface area contributed by atoms with E-state index in [1.165, 1.54) is 11.8 Å². The van der Waals surface area contributed by atoms with Gasteiger partial charge >= 0.3 is 0 Å². The van der Waals surface area contributed by atoms with Gasteiger partial charge < -0.3 is 14.6 Å². The summed E-state index contributed by atoms with van der Waals surface area (Å²) in [6.45, 7) is 7.09. The maximum atomic E-state index is 12.2. The molecule has 7 heteroatoms. The van der Waals surface area contributed by atoms with Gasteiger partial charge in [0.25, 0.3) is 0 Å². The molecule has 0 spiro atoms. The smallest absolute Gasteiger partial charge is 0.234 e. The molecule has 0 atom stereocenters. The molecule has 0 unspecified atom stereocenters. The van der Waals surface area contributed by atoms with Crippen LogP contribution in [0.3, 0.4) is 0 Å². The van der Waals surface area contributed by atoms with E-state index in [2.05, 4.69) is 15.5 Å². The van der Waals surface area contributed by atoms with Crippen molar-refractivity contribution in [3.63, 3.8) is 0 Å². The molecule has 1 N–H and O–H groups in total. The molecule has 0 bridgehead atoms. The largest absolute Gasteiger partial charge is 0.486 e. The number of ether oxygens (including phenoxy) is 1. The molecule has 0 aliphatic rings. The van der Waals surface area contributed by atoms with Crippen molar-refractivity contribution in [2.75, 3.05) is 11.1 Å². The van der Waals surface area contributed by atoms with Gasteiger partial charge in [-0.2, -0.15) is 0 Å². The van der Waals surface area contributed by atoms with Crippen LogP contribution in [0.2, 0.25) is 0 Å². The SMILES string of the molecule is CCn1c(COc2cccc(C)c2)nnc1SCC(=O)Nc1cccc(C)c1. The number of aryl methyl sites for hydroxylation is 2. The lowest BCUT2D eigenvalue weighted by molar-refractivity contribution is -0.113. The average molecular weight is 397 g/mol. The number of anilines is 1. The summed E-state index contributed by atoms with van der Waals surface area (Å²) >= 11 is 1.37. The number of rotatable bonds is 8. The average Bonchev–Trinajstić information content (AvgIpc) is 3.06. The molecule has 0 fully saturated rings. The van der Waals surface area contributed by atoms with E-state index in [0.29, 0.717) is 18.3 Å². The highest BCUT2D eigenvalue weighted by atomic mass is 32.2. The molecule has 2 aromatic carbocycles. The Labute approximate surface area is 169 Å². The molecule has 0 saturated carbocycles. The standard InChI is InChI=1S/C21H24N4O2S/c1-4-25-19(13-27-18-10-6-8-16(3)12-18)23-24-21(25)28-14-20(26)22-17-9-5-7-15(2)11-17/h5-12H,4,13-14H2,1-3H3,(H,22,26). The van der Waals surface area contributed by atoms with E-state index in [9.17, 15) is 4.79 Å². The number of carbonyl (C=O) groups is 1. The zero-order chi connectivity index (χ0) is 19.9. The van der Waals surface area contributed by atoms with Crippen LogP contribution in [0.15, 0.2) is 53.7 Å². The van der Waals surface area contributed by atoms with E-state index >= 15 is 0 Å². The van der Waals surface area contributed by atoms with Crippen LogP contribution in [0.1, 0.15) is 23.9 Å². The van der Waals surface area contributed by atoms with Gasteiger partial charge in [-0.05, 0) is 56.2 Å². The Kier molecular flexibility index (Phi) is 6.71. The summed E-state index contributed by atoms with van der Waals surface area (Å²) in [5.41, 5.74) is 3.05. The monoisotopic (exact) mass is 396 g/mol. The Morgan fingerprint density at radius 2 is 1.86 bits per heavy atom. The van der Waals surface area contributed by atoms with Gasteiger partial charge in [0.05, 0.1) is 5.75 Å². The maximum Gasteiger partial charge on any atom is 0.234 e. The van der Waals surface area contributed by atoms with Crippen LogP contribution in [-0.4, -0.2) is 26.4 Å². The summed E-state index contributed by atoms with van der Waals surface area (Å²) in [6, 6.07) is 15.6. The molecule has 0 aliphatic carbocycles. The molecule has 28 heavy (non-hydrogen) atoms. The number of aromatic nitrogens is 3. The van der Waals surface area contributed by atoms with Crippen molar-refractivity contribution in [3.05, 3.63) is 65.5 Å². The van der Waals surface area contributed by atoms with Gasteiger partial charge in [-0.15, -0.1) is 10.2 Å². The summed E-state index contributed by atoms with van der Waals surface area (Å²) in [5.74, 6) is 1.74. The van der Waals surface area contributed by atoms with Crippen LogP contribution < -0.4 is 10.1 Å². The lowest BCUT2D eigenvalue weighted by Gasteiger charge is -2.09. The first-order valence-corrected chi connectivity index (χ1v) is 10.1. The number of amides is 1. The summed E-state index contributed by atoms with van der Waals surface area (Å²) < 4.78 is 7.81. The molecule has 6 nitrogen and oxygen atoms in total. The van der Waals surface area contributed by atoms with Gasteiger partial charge in [0, 0.05) is 12.2 Å². The maximum absolute atomic E-state index is 12.2. The fourth-order valence-corrected chi connectivity index (χ4v) is 3.57. The Morgan fingerprint density at radius 1 is 1.11 bits per heavy atom. The van der Waals surface area contributed by atoms with Gasteiger partial charge in [-0.25, -0.2) is 0 Å². The number of thioether (sulfide) groups is 1. The Hall–Kier alpha value is -2.80. The molecule has 1 heterocycles. The van der Waals surface area contributed by atoms with Crippen LogP contribution in [0, 0.1) is 13.8 Å². The van der Waals surface area contributed by atoms with Gasteiger partial charge in [0.1, 0.15) is 12.4 Å². The number of benzene rings is 2. The van der Waals surface area contributed by atoms with Gasteiger partial charge in [0.2, 0.25) is 5.91 Å². The van der Waals surface area contributed by atoms with Crippen molar-refractivity contribution in [1.82, 2.24) is 14.8 Å². The van der Waals surface area contributed by atoms with Gasteiger partial charge in [0.15, 0.2) is 11.0 Å². The van der Waals surface area contributed by atoms with E-state index in [-0.39, 0.29) is 11.7 Å². The normalized spacial score (nSPS) is 10.7. The Morgan fingerprint density at radius 3 is 2.57 bits per heavy atom. The zero-order valence-electron chi connectivity index (χ0n) is 16.3. The number of hydrogen-bond acceptors (Lipinski definition) is 5. The van der Waals surface area contributed by atoms with Crippen LogP contribution in [0.4, 0.5) is 5.69 Å². The Bertz CT molecular complexity index is 955. The molecular formula is C21H24N4O2S. The molecule has 0 radical (unpaired) electrons. The van der Waals surface area contributed by atoms with Crippen molar-refractivity contribution in [2.24, 2.45) is 0 Å². The predicted octanol–water partition coefficient (Wildman–Crippen LogP) is 4.22. The lowest BCUT2D eigenvalue weighted by atomic mass is 10.2. The minimum absolute atomic E-state index is 0.0705. The van der Waals surface area contributed by atoms with Crippen LogP contribution in [-0.2, 0) is 17.9 Å². The fourth-order valence-electron chi connectivity index (χ4n) is 2.75. The molecule has 3 rings (SSSR count). The summed E-state index contributed by atoms with van der Waals surface area (Å²) in [5, 5.41) is 12.1. The molecule has 1 aromatic heterocycles. The second-order valence-corrected chi connectivity index (χ2v) is 7.40. The van der Waals surface area contributed by atoms with E-state index < -0.39 is 0 Å². The number of hydrogen-bond donors (Lipinski definition) is 1. The molecule has 1 amide bonds. The summed E-state index contributed by atoms with van der Waals surface area (Å²) in [4.78, 5) is 12.2. The van der Waals surface area contributed by atoms with E-state index in [4.69, 9.17) is 4.74 Å². The summed E-state index contributed by atoms with van der Waals surface area (Å²) in [6.07, 6.45) is 0. The van der Waals surface area contributed by atoms with Crippen LogP contribution in [0.5, 0.6) is 5.75 Å². The quantitative estimate of drug-likeness (QED) is 0.577. The predicted molar refractivity (Wildman–Crippen MR) is 112 cm³/mol. The minimum Gasteiger partial charge on any atom is -0.486 e. The second-order valence-electron chi connectivity index (χ2n) is 6.45. The minimum atomic E-state index is -0.0705.